The Morgan fingerprint density at radius 2 is 1.85 bits per heavy atom. The zero-order valence-corrected chi connectivity index (χ0v) is 11.7. The molecule has 1 N–H and O–H groups in total. The molecule has 2 aromatic carbocycles. The average Bonchev–Trinajstić information content (AvgIpc) is 2.88. The second kappa shape index (κ2) is 5.19. The van der Waals surface area contributed by atoms with Crippen LogP contribution in [0, 0.1) is 0 Å². The number of hydrogen-bond donors (Lipinski definition) is 1. The van der Waals surface area contributed by atoms with E-state index in [1.165, 1.54) is 6.26 Å². The van der Waals surface area contributed by atoms with Crippen LogP contribution in [-0.2, 0) is 0 Å². The van der Waals surface area contributed by atoms with Crippen molar-refractivity contribution in [2.24, 2.45) is 0 Å². The first kappa shape index (κ1) is 13.0. The normalized spacial score (nSPS) is 10.7. The van der Waals surface area contributed by atoms with Gasteiger partial charge in [-0.25, -0.2) is 0 Å². The lowest BCUT2D eigenvalue weighted by Gasteiger charge is -2.07. The molecular weight excluding hydrogens is 297 g/mol. The largest absolute Gasteiger partial charge is 0.463 e. The Morgan fingerprint density at radius 3 is 2.70 bits per heavy atom. The summed E-state index contributed by atoms with van der Waals surface area (Å²) in [4.78, 5) is 12.3. The van der Waals surface area contributed by atoms with E-state index in [-0.39, 0.29) is 5.91 Å². The zero-order valence-electron chi connectivity index (χ0n) is 10.2. The molecule has 0 unspecified atom stereocenters. The van der Waals surface area contributed by atoms with E-state index in [0.717, 1.165) is 5.39 Å². The van der Waals surface area contributed by atoms with Gasteiger partial charge in [0.05, 0.1) is 21.3 Å². The molecule has 100 valence electrons. The van der Waals surface area contributed by atoms with E-state index < -0.39 is 0 Å². The standard InChI is InChI=1S/C15H9Cl2NO2/c16-11-5-3-6-12(14(11)17)18-15(19)10-8-20-13-7-2-1-4-9(10)13/h1-8H,(H,18,19). The van der Waals surface area contributed by atoms with Crippen molar-refractivity contribution in [3.8, 4) is 0 Å². The summed E-state index contributed by atoms with van der Waals surface area (Å²) in [6.45, 7) is 0. The third-order valence-electron chi connectivity index (χ3n) is 2.93. The highest BCUT2D eigenvalue weighted by Gasteiger charge is 2.15. The van der Waals surface area contributed by atoms with Crippen molar-refractivity contribution in [1.29, 1.82) is 0 Å². The Labute approximate surface area is 125 Å². The summed E-state index contributed by atoms with van der Waals surface area (Å²) in [6.07, 6.45) is 1.43. The molecule has 1 aromatic heterocycles. The van der Waals surface area contributed by atoms with E-state index >= 15 is 0 Å². The lowest BCUT2D eigenvalue weighted by atomic mass is 10.1. The topological polar surface area (TPSA) is 42.2 Å². The number of benzene rings is 2. The summed E-state index contributed by atoms with van der Waals surface area (Å²) >= 11 is 12.0. The van der Waals surface area contributed by atoms with Crippen molar-refractivity contribution in [1.82, 2.24) is 0 Å². The summed E-state index contributed by atoms with van der Waals surface area (Å²) in [6, 6.07) is 12.4. The Kier molecular flexibility index (Phi) is 3.38. The van der Waals surface area contributed by atoms with Crippen LogP contribution in [0.4, 0.5) is 5.69 Å². The molecule has 0 bridgehead atoms. The molecule has 0 aliphatic rings. The van der Waals surface area contributed by atoms with Crippen molar-refractivity contribution >= 4 is 45.8 Å². The van der Waals surface area contributed by atoms with Gasteiger partial charge in [0.25, 0.3) is 5.91 Å². The van der Waals surface area contributed by atoms with Crippen molar-refractivity contribution in [2.75, 3.05) is 5.32 Å². The van der Waals surface area contributed by atoms with Crippen molar-refractivity contribution in [2.45, 2.75) is 0 Å². The molecule has 5 heteroatoms. The number of hydrogen-bond acceptors (Lipinski definition) is 2. The van der Waals surface area contributed by atoms with Gasteiger partial charge in [-0.2, -0.15) is 0 Å². The Morgan fingerprint density at radius 1 is 1.05 bits per heavy atom. The number of fused-ring (bicyclic) bond motifs is 1. The lowest BCUT2D eigenvalue weighted by molar-refractivity contribution is 0.102. The molecule has 0 spiro atoms. The quantitative estimate of drug-likeness (QED) is 0.724. The number of carbonyl (C=O) groups excluding carboxylic acids is 1. The smallest absolute Gasteiger partial charge is 0.259 e. The molecule has 3 aromatic rings. The number of nitrogens with one attached hydrogen (secondary N) is 1. The summed E-state index contributed by atoms with van der Waals surface area (Å²) in [7, 11) is 0. The van der Waals surface area contributed by atoms with Gasteiger partial charge in [-0.3, -0.25) is 4.79 Å². The molecule has 0 aliphatic carbocycles. The second-order valence-corrected chi connectivity index (χ2v) is 4.99. The van der Waals surface area contributed by atoms with Gasteiger partial charge in [0.15, 0.2) is 0 Å². The maximum atomic E-state index is 12.3. The number of carbonyl (C=O) groups is 1. The molecule has 3 nitrogen and oxygen atoms in total. The highest BCUT2D eigenvalue weighted by Crippen LogP contribution is 2.30. The van der Waals surface area contributed by atoms with E-state index in [0.29, 0.717) is 26.9 Å². The molecule has 0 aliphatic heterocycles. The fourth-order valence-corrected chi connectivity index (χ4v) is 2.29. The minimum atomic E-state index is -0.292. The van der Waals surface area contributed by atoms with Crippen LogP contribution in [-0.4, -0.2) is 5.91 Å². The third kappa shape index (κ3) is 2.26. The van der Waals surface area contributed by atoms with Crippen LogP contribution in [0.3, 0.4) is 0 Å². The van der Waals surface area contributed by atoms with Crippen molar-refractivity contribution in [3.05, 3.63) is 64.3 Å². The fraction of sp³-hybridized carbons (Fsp3) is 0. The predicted octanol–water partition coefficient (Wildman–Crippen LogP) is 4.99. The van der Waals surface area contributed by atoms with E-state index in [9.17, 15) is 4.79 Å². The van der Waals surface area contributed by atoms with Crippen LogP contribution in [0.1, 0.15) is 10.4 Å². The first-order valence-electron chi connectivity index (χ1n) is 5.88. The maximum Gasteiger partial charge on any atom is 0.259 e. The Bertz CT molecular complexity index is 795. The molecule has 1 amide bonds. The molecule has 0 atom stereocenters. The minimum Gasteiger partial charge on any atom is -0.463 e. The summed E-state index contributed by atoms with van der Waals surface area (Å²) < 4.78 is 5.34. The monoisotopic (exact) mass is 305 g/mol. The second-order valence-electron chi connectivity index (χ2n) is 4.20. The fourth-order valence-electron chi connectivity index (χ4n) is 1.94. The molecule has 3 rings (SSSR count). The Hall–Kier alpha value is -1.97. The van der Waals surface area contributed by atoms with E-state index in [1.54, 1.807) is 24.3 Å². The summed E-state index contributed by atoms with van der Waals surface area (Å²) in [5.74, 6) is -0.292. The minimum absolute atomic E-state index is 0.292. The first-order valence-corrected chi connectivity index (χ1v) is 6.64. The molecule has 0 saturated carbocycles. The van der Waals surface area contributed by atoms with Gasteiger partial charge in [0.1, 0.15) is 11.8 Å². The summed E-state index contributed by atoms with van der Waals surface area (Å²) in [5, 5.41) is 4.19. The van der Waals surface area contributed by atoms with Gasteiger partial charge in [-0.05, 0) is 18.2 Å². The van der Waals surface area contributed by atoms with Gasteiger partial charge >= 0.3 is 0 Å². The van der Waals surface area contributed by atoms with Gasteiger partial charge in [0, 0.05) is 5.39 Å². The molecule has 0 fully saturated rings. The van der Waals surface area contributed by atoms with Gasteiger partial charge in [0.2, 0.25) is 0 Å². The van der Waals surface area contributed by atoms with Crippen molar-refractivity contribution in [3.63, 3.8) is 0 Å². The molecule has 0 saturated heterocycles. The maximum absolute atomic E-state index is 12.3. The number of furan rings is 1. The van der Waals surface area contributed by atoms with Crippen LogP contribution in [0.2, 0.25) is 10.0 Å². The summed E-state index contributed by atoms with van der Waals surface area (Å²) in [5.41, 5.74) is 1.58. The van der Waals surface area contributed by atoms with Crippen molar-refractivity contribution < 1.29 is 9.21 Å². The van der Waals surface area contributed by atoms with Crippen LogP contribution in [0.25, 0.3) is 11.0 Å². The molecule has 1 heterocycles. The average molecular weight is 306 g/mol. The van der Waals surface area contributed by atoms with Gasteiger partial charge in [-0.15, -0.1) is 0 Å². The van der Waals surface area contributed by atoms with Crippen LogP contribution < -0.4 is 5.32 Å². The zero-order chi connectivity index (χ0) is 14.1. The number of para-hydroxylation sites is 1. The number of anilines is 1. The highest BCUT2D eigenvalue weighted by molar-refractivity contribution is 6.44. The number of halogens is 2. The third-order valence-corrected chi connectivity index (χ3v) is 3.74. The van der Waals surface area contributed by atoms with E-state index in [2.05, 4.69) is 5.32 Å². The SMILES string of the molecule is O=C(Nc1cccc(Cl)c1Cl)c1coc2ccccc12. The number of amides is 1. The van der Waals surface area contributed by atoms with Crippen LogP contribution in [0.5, 0.6) is 0 Å². The van der Waals surface area contributed by atoms with Crippen LogP contribution >= 0.6 is 23.2 Å². The highest BCUT2D eigenvalue weighted by atomic mass is 35.5. The van der Waals surface area contributed by atoms with Crippen LogP contribution in [0.15, 0.2) is 53.1 Å². The molecular formula is C15H9Cl2NO2. The van der Waals surface area contributed by atoms with Gasteiger partial charge < -0.3 is 9.73 Å². The Balaban J connectivity index is 1.95. The predicted molar refractivity (Wildman–Crippen MR) is 80.6 cm³/mol. The first-order chi connectivity index (χ1) is 9.66. The molecule has 20 heavy (non-hydrogen) atoms. The molecule has 0 radical (unpaired) electrons. The van der Waals surface area contributed by atoms with E-state index in [4.69, 9.17) is 27.6 Å². The van der Waals surface area contributed by atoms with Gasteiger partial charge in [-0.1, -0.05) is 47.5 Å². The lowest BCUT2D eigenvalue weighted by Crippen LogP contribution is -2.11. The number of rotatable bonds is 2. The van der Waals surface area contributed by atoms with E-state index in [1.807, 2.05) is 18.2 Å².